The fourth-order valence-corrected chi connectivity index (χ4v) is 2.59. The summed E-state index contributed by atoms with van der Waals surface area (Å²) in [6, 6.07) is 0.694. The molecular weight excluding hydrogens is 190 g/mol. The number of ether oxygens (including phenoxy) is 1. The summed E-state index contributed by atoms with van der Waals surface area (Å²) in [4.78, 5) is 13.8. The number of carbonyl (C=O) groups is 1. The first-order chi connectivity index (χ1) is 7.29. The Balaban J connectivity index is 1.91. The molecule has 2 rings (SSSR count). The number of esters is 1. The van der Waals surface area contributed by atoms with Gasteiger partial charge in [0.1, 0.15) is 0 Å². The van der Waals surface area contributed by atoms with Crippen LogP contribution in [0.5, 0.6) is 0 Å². The van der Waals surface area contributed by atoms with Crippen molar-refractivity contribution in [2.75, 3.05) is 19.7 Å². The second-order valence-corrected chi connectivity index (χ2v) is 4.34. The summed E-state index contributed by atoms with van der Waals surface area (Å²) in [5.41, 5.74) is 1.27. The van der Waals surface area contributed by atoms with Gasteiger partial charge in [-0.15, -0.1) is 0 Å². The van der Waals surface area contributed by atoms with Crippen molar-refractivity contribution in [3.63, 3.8) is 0 Å². The third-order valence-corrected chi connectivity index (χ3v) is 3.33. The second-order valence-electron chi connectivity index (χ2n) is 4.34. The van der Waals surface area contributed by atoms with E-state index in [1.165, 1.54) is 25.0 Å². The van der Waals surface area contributed by atoms with E-state index < -0.39 is 0 Å². The van der Waals surface area contributed by atoms with Crippen molar-refractivity contribution in [1.82, 2.24) is 4.90 Å². The molecule has 3 nitrogen and oxygen atoms in total. The van der Waals surface area contributed by atoms with Gasteiger partial charge in [-0.3, -0.25) is 4.90 Å². The summed E-state index contributed by atoms with van der Waals surface area (Å²) in [6.07, 6.45) is 6.42. The third-order valence-electron chi connectivity index (χ3n) is 3.33. The van der Waals surface area contributed by atoms with Crippen molar-refractivity contribution in [2.45, 2.75) is 38.6 Å². The largest absolute Gasteiger partial charge is 0.463 e. The van der Waals surface area contributed by atoms with Gasteiger partial charge in [0.05, 0.1) is 6.61 Å². The first kappa shape index (κ1) is 10.7. The van der Waals surface area contributed by atoms with Crippen LogP contribution in [0.15, 0.2) is 11.6 Å². The zero-order valence-electron chi connectivity index (χ0n) is 9.37. The number of carbonyl (C=O) groups excluding carboxylic acids is 1. The van der Waals surface area contributed by atoms with Crippen LogP contribution in [0.3, 0.4) is 0 Å². The van der Waals surface area contributed by atoms with Crippen LogP contribution in [0.25, 0.3) is 0 Å². The van der Waals surface area contributed by atoms with Gasteiger partial charge in [0.15, 0.2) is 0 Å². The highest BCUT2D eigenvalue weighted by atomic mass is 16.5. The van der Waals surface area contributed by atoms with E-state index in [1.54, 1.807) is 6.08 Å². The van der Waals surface area contributed by atoms with Crippen LogP contribution in [0.4, 0.5) is 0 Å². The Morgan fingerprint density at radius 2 is 2.47 bits per heavy atom. The van der Waals surface area contributed by atoms with Crippen molar-refractivity contribution in [1.29, 1.82) is 0 Å². The van der Waals surface area contributed by atoms with Gasteiger partial charge in [-0.2, -0.15) is 0 Å². The highest BCUT2D eigenvalue weighted by molar-refractivity contribution is 5.82. The first-order valence-electron chi connectivity index (χ1n) is 5.90. The van der Waals surface area contributed by atoms with Crippen LogP contribution < -0.4 is 0 Å². The molecule has 0 aromatic rings. The Hall–Kier alpha value is -0.830. The van der Waals surface area contributed by atoms with Gasteiger partial charge >= 0.3 is 5.97 Å². The van der Waals surface area contributed by atoms with Crippen LogP contribution in [-0.2, 0) is 9.53 Å². The summed E-state index contributed by atoms with van der Waals surface area (Å²) in [7, 11) is 0. The summed E-state index contributed by atoms with van der Waals surface area (Å²) < 4.78 is 4.93. The van der Waals surface area contributed by atoms with E-state index >= 15 is 0 Å². The molecule has 0 N–H and O–H groups in total. The van der Waals surface area contributed by atoms with Gasteiger partial charge in [0.2, 0.25) is 0 Å². The van der Waals surface area contributed by atoms with E-state index in [2.05, 4.69) is 4.90 Å². The highest BCUT2D eigenvalue weighted by Crippen LogP contribution is 2.29. The lowest BCUT2D eigenvalue weighted by Crippen LogP contribution is -2.35. The zero-order valence-corrected chi connectivity index (χ0v) is 9.37. The van der Waals surface area contributed by atoms with Gasteiger partial charge in [0, 0.05) is 18.7 Å². The Morgan fingerprint density at radius 1 is 1.60 bits per heavy atom. The molecule has 84 valence electrons. The van der Waals surface area contributed by atoms with Gasteiger partial charge in [-0.05, 0) is 39.2 Å². The standard InChI is InChI=1S/C12H19NO2/c1-2-15-12(14)9-10-5-7-13-6-3-4-11(13)8-10/h9,11H,2-8H2,1H3/b10-9+. The van der Waals surface area contributed by atoms with Gasteiger partial charge in [-0.1, -0.05) is 5.57 Å². The quantitative estimate of drug-likeness (QED) is 0.512. The molecule has 0 aromatic heterocycles. The molecule has 2 aliphatic heterocycles. The minimum atomic E-state index is -0.168. The molecule has 0 bridgehead atoms. The van der Waals surface area contributed by atoms with Crippen LogP contribution in [0.1, 0.15) is 32.6 Å². The average molecular weight is 209 g/mol. The monoisotopic (exact) mass is 209 g/mol. The Labute approximate surface area is 91.1 Å². The molecule has 0 amide bonds. The minimum Gasteiger partial charge on any atom is -0.463 e. The number of nitrogens with zero attached hydrogens (tertiary/aromatic N) is 1. The minimum absolute atomic E-state index is 0.168. The Kier molecular flexibility index (Phi) is 3.41. The SMILES string of the molecule is CCOC(=O)/C=C1\CCN2CCCC2C1. The van der Waals surface area contributed by atoms with Crippen LogP contribution in [-0.4, -0.2) is 36.6 Å². The van der Waals surface area contributed by atoms with Gasteiger partial charge in [-0.25, -0.2) is 4.79 Å². The molecule has 0 aromatic carbocycles. The van der Waals surface area contributed by atoms with E-state index in [4.69, 9.17) is 4.74 Å². The smallest absolute Gasteiger partial charge is 0.330 e. The molecule has 0 aliphatic carbocycles. The van der Waals surface area contributed by atoms with Crippen molar-refractivity contribution >= 4 is 5.97 Å². The predicted octanol–water partition coefficient (Wildman–Crippen LogP) is 1.73. The molecule has 2 saturated heterocycles. The molecule has 0 radical (unpaired) electrons. The third kappa shape index (κ3) is 2.59. The van der Waals surface area contributed by atoms with E-state index in [-0.39, 0.29) is 5.97 Å². The van der Waals surface area contributed by atoms with E-state index in [0.29, 0.717) is 12.6 Å². The number of rotatable bonds is 2. The van der Waals surface area contributed by atoms with Crippen LogP contribution in [0, 0.1) is 0 Å². The molecule has 1 unspecified atom stereocenters. The van der Waals surface area contributed by atoms with Crippen molar-refractivity contribution in [3.05, 3.63) is 11.6 Å². The number of fused-ring (bicyclic) bond motifs is 1. The maximum atomic E-state index is 11.3. The Bertz CT molecular complexity index is 273. The molecule has 2 heterocycles. The summed E-state index contributed by atoms with van der Waals surface area (Å²) >= 11 is 0. The maximum Gasteiger partial charge on any atom is 0.330 e. The van der Waals surface area contributed by atoms with E-state index in [9.17, 15) is 4.79 Å². The fraction of sp³-hybridized carbons (Fsp3) is 0.750. The summed E-state index contributed by atoms with van der Waals surface area (Å²) in [5, 5.41) is 0. The molecule has 2 fully saturated rings. The molecule has 2 aliphatic rings. The predicted molar refractivity (Wildman–Crippen MR) is 58.5 cm³/mol. The summed E-state index contributed by atoms with van der Waals surface area (Å²) in [6.45, 7) is 4.68. The Morgan fingerprint density at radius 3 is 3.27 bits per heavy atom. The maximum absolute atomic E-state index is 11.3. The highest BCUT2D eigenvalue weighted by Gasteiger charge is 2.28. The normalized spacial score (nSPS) is 29.1. The molecule has 0 spiro atoms. The van der Waals surface area contributed by atoms with Crippen molar-refractivity contribution < 1.29 is 9.53 Å². The van der Waals surface area contributed by atoms with E-state index in [1.807, 2.05) is 6.92 Å². The summed E-state index contributed by atoms with van der Waals surface area (Å²) in [5.74, 6) is -0.168. The van der Waals surface area contributed by atoms with E-state index in [0.717, 1.165) is 19.4 Å². The molecule has 0 saturated carbocycles. The number of hydrogen-bond acceptors (Lipinski definition) is 3. The lowest BCUT2D eigenvalue weighted by atomic mass is 9.97. The average Bonchev–Trinajstić information content (AvgIpc) is 2.65. The van der Waals surface area contributed by atoms with Gasteiger partial charge in [0.25, 0.3) is 0 Å². The van der Waals surface area contributed by atoms with Crippen molar-refractivity contribution in [2.24, 2.45) is 0 Å². The first-order valence-corrected chi connectivity index (χ1v) is 5.90. The molecule has 1 atom stereocenters. The molecular formula is C12H19NO2. The van der Waals surface area contributed by atoms with Crippen LogP contribution >= 0.6 is 0 Å². The lowest BCUT2D eigenvalue weighted by molar-refractivity contribution is -0.137. The number of piperidine rings is 1. The van der Waals surface area contributed by atoms with Crippen molar-refractivity contribution in [3.8, 4) is 0 Å². The van der Waals surface area contributed by atoms with Gasteiger partial charge < -0.3 is 4.74 Å². The number of hydrogen-bond donors (Lipinski definition) is 0. The fourth-order valence-electron chi connectivity index (χ4n) is 2.59. The molecule has 15 heavy (non-hydrogen) atoms. The second kappa shape index (κ2) is 4.79. The zero-order chi connectivity index (χ0) is 10.7. The van der Waals surface area contributed by atoms with Crippen LogP contribution in [0.2, 0.25) is 0 Å². The topological polar surface area (TPSA) is 29.5 Å². The molecule has 3 heteroatoms. The lowest BCUT2D eigenvalue weighted by Gasteiger charge is -2.30.